The normalized spacial score (nSPS) is 11.6. The van der Waals surface area contributed by atoms with Crippen molar-refractivity contribution in [1.29, 1.82) is 0 Å². The van der Waals surface area contributed by atoms with Crippen molar-refractivity contribution in [2.75, 3.05) is 30.7 Å². The van der Waals surface area contributed by atoms with E-state index in [-0.39, 0.29) is 5.91 Å². The van der Waals surface area contributed by atoms with Crippen LogP contribution in [0.3, 0.4) is 0 Å². The number of carbonyl (C=O) groups is 1. The lowest BCUT2D eigenvalue weighted by molar-refractivity contribution is 0.0736. The number of hydrogen-bond acceptors (Lipinski definition) is 3. The van der Waals surface area contributed by atoms with Gasteiger partial charge in [-0.05, 0) is 25.0 Å². The predicted molar refractivity (Wildman–Crippen MR) is 95.3 cm³/mol. The zero-order chi connectivity index (χ0) is 17.6. The third-order valence-electron chi connectivity index (χ3n) is 4.27. The van der Waals surface area contributed by atoms with Crippen LogP contribution >= 0.6 is 0 Å². The summed E-state index contributed by atoms with van der Waals surface area (Å²) in [5, 5.41) is 0. The van der Waals surface area contributed by atoms with Crippen LogP contribution in [0.25, 0.3) is 0 Å². The first-order chi connectivity index (χ1) is 10.8. The average molecular weight is 340 g/mol. The van der Waals surface area contributed by atoms with Crippen LogP contribution in [0.1, 0.15) is 44.0 Å². The molecule has 1 aromatic carbocycles. The van der Waals surface area contributed by atoms with Crippen molar-refractivity contribution >= 4 is 21.6 Å². The minimum Gasteiger partial charge on any atom is -0.339 e. The number of sulfonamides is 1. The molecule has 1 rings (SSSR count). The fraction of sp³-hybridized carbons (Fsp3) is 0.588. The van der Waals surface area contributed by atoms with Crippen LogP contribution in [-0.4, -0.2) is 45.6 Å². The number of amides is 1. The van der Waals surface area contributed by atoms with Gasteiger partial charge in [-0.1, -0.05) is 38.8 Å². The second kappa shape index (κ2) is 8.34. The maximum absolute atomic E-state index is 12.9. The molecule has 0 fully saturated rings. The molecular formula is C17H28N2O3S. The van der Waals surface area contributed by atoms with Gasteiger partial charge in [-0.3, -0.25) is 9.10 Å². The summed E-state index contributed by atoms with van der Waals surface area (Å²) < 4.78 is 24.8. The molecule has 1 aromatic rings. The van der Waals surface area contributed by atoms with Crippen LogP contribution in [0.15, 0.2) is 24.3 Å². The van der Waals surface area contributed by atoms with Gasteiger partial charge in [0, 0.05) is 20.1 Å². The van der Waals surface area contributed by atoms with E-state index in [1.807, 2.05) is 6.92 Å². The van der Waals surface area contributed by atoms with Gasteiger partial charge in [0.1, 0.15) is 0 Å². The number of para-hydroxylation sites is 1. The highest BCUT2D eigenvalue weighted by atomic mass is 32.2. The molecule has 130 valence electrons. The second-order valence-corrected chi connectivity index (χ2v) is 7.79. The first-order valence-corrected chi connectivity index (χ1v) is 9.93. The molecular weight excluding hydrogens is 312 g/mol. The Labute approximate surface area is 140 Å². The lowest BCUT2D eigenvalue weighted by Crippen LogP contribution is -2.36. The van der Waals surface area contributed by atoms with Gasteiger partial charge in [-0.25, -0.2) is 8.42 Å². The van der Waals surface area contributed by atoms with E-state index in [2.05, 4.69) is 13.8 Å². The molecule has 0 unspecified atom stereocenters. The molecule has 0 aliphatic heterocycles. The van der Waals surface area contributed by atoms with Crippen molar-refractivity contribution in [3.8, 4) is 0 Å². The number of hydrogen-bond donors (Lipinski definition) is 0. The lowest BCUT2D eigenvalue weighted by atomic mass is 10.0. The predicted octanol–water partition coefficient (Wildman–Crippen LogP) is 2.98. The first kappa shape index (κ1) is 19.5. The van der Waals surface area contributed by atoms with Crippen LogP contribution < -0.4 is 4.31 Å². The Kier molecular flexibility index (Phi) is 7.06. The Morgan fingerprint density at radius 1 is 1.13 bits per heavy atom. The van der Waals surface area contributed by atoms with Crippen molar-refractivity contribution in [3.05, 3.63) is 29.8 Å². The van der Waals surface area contributed by atoms with E-state index in [1.54, 1.807) is 29.2 Å². The lowest BCUT2D eigenvalue weighted by Gasteiger charge is -2.27. The van der Waals surface area contributed by atoms with E-state index in [0.717, 1.165) is 23.4 Å². The number of rotatable bonds is 8. The van der Waals surface area contributed by atoms with Crippen LogP contribution in [-0.2, 0) is 10.0 Å². The van der Waals surface area contributed by atoms with E-state index < -0.39 is 10.0 Å². The van der Waals surface area contributed by atoms with Gasteiger partial charge in [0.2, 0.25) is 10.0 Å². The number of carbonyl (C=O) groups excluding carboxylic acids is 1. The van der Waals surface area contributed by atoms with E-state index in [0.29, 0.717) is 30.3 Å². The van der Waals surface area contributed by atoms with E-state index >= 15 is 0 Å². The maximum atomic E-state index is 12.9. The third-order valence-corrected chi connectivity index (χ3v) is 5.47. The molecule has 0 bridgehead atoms. The maximum Gasteiger partial charge on any atom is 0.255 e. The topological polar surface area (TPSA) is 57.7 Å². The number of anilines is 1. The molecule has 23 heavy (non-hydrogen) atoms. The molecule has 0 aliphatic carbocycles. The summed E-state index contributed by atoms with van der Waals surface area (Å²) in [7, 11) is -1.94. The summed E-state index contributed by atoms with van der Waals surface area (Å²) in [6.45, 7) is 7.49. The fourth-order valence-corrected chi connectivity index (χ4v) is 3.01. The van der Waals surface area contributed by atoms with Gasteiger partial charge in [0.05, 0.1) is 17.5 Å². The van der Waals surface area contributed by atoms with Crippen molar-refractivity contribution in [1.82, 2.24) is 4.90 Å². The second-order valence-electron chi connectivity index (χ2n) is 5.77. The Morgan fingerprint density at radius 3 is 2.17 bits per heavy atom. The van der Waals surface area contributed by atoms with Crippen LogP contribution in [0.5, 0.6) is 0 Å². The third kappa shape index (κ3) is 4.96. The average Bonchev–Trinajstić information content (AvgIpc) is 2.54. The minimum absolute atomic E-state index is 0.120. The van der Waals surface area contributed by atoms with Crippen molar-refractivity contribution < 1.29 is 13.2 Å². The summed E-state index contributed by atoms with van der Waals surface area (Å²) in [5.41, 5.74) is 0.844. The Hall–Kier alpha value is -1.56. The molecule has 6 heteroatoms. The van der Waals surface area contributed by atoms with Gasteiger partial charge in [0.25, 0.3) is 5.91 Å². The van der Waals surface area contributed by atoms with Crippen molar-refractivity contribution in [3.63, 3.8) is 0 Å². The van der Waals surface area contributed by atoms with Gasteiger partial charge in [-0.15, -0.1) is 0 Å². The van der Waals surface area contributed by atoms with Crippen LogP contribution in [0.4, 0.5) is 5.69 Å². The summed E-state index contributed by atoms with van der Waals surface area (Å²) in [6.07, 6.45) is 3.17. The molecule has 0 aromatic heterocycles. The zero-order valence-electron chi connectivity index (χ0n) is 14.7. The van der Waals surface area contributed by atoms with Gasteiger partial charge < -0.3 is 4.90 Å². The van der Waals surface area contributed by atoms with Crippen molar-refractivity contribution in [2.45, 2.75) is 33.6 Å². The van der Waals surface area contributed by atoms with Gasteiger partial charge >= 0.3 is 0 Å². The SMILES string of the molecule is CCC(CC)CN(CC)C(=O)c1ccccc1N(C)S(C)(=O)=O. The standard InChI is InChI=1S/C17H28N2O3S/c1-6-14(7-2)13-19(8-3)17(20)15-11-9-10-12-16(15)18(4)23(5,21)22/h9-12,14H,6-8,13H2,1-5H3. The Balaban J connectivity index is 3.17. The molecule has 1 amide bonds. The summed E-state index contributed by atoms with van der Waals surface area (Å²) in [5.74, 6) is 0.337. The fourth-order valence-electron chi connectivity index (χ4n) is 2.49. The highest BCUT2D eigenvalue weighted by Crippen LogP contribution is 2.23. The highest BCUT2D eigenvalue weighted by Gasteiger charge is 2.23. The Bertz CT molecular complexity index is 624. The molecule has 0 N–H and O–H groups in total. The molecule has 0 saturated heterocycles. The smallest absolute Gasteiger partial charge is 0.255 e. The van der Waals surface area contributed by atoms with Gasteiger partial charge in [0.15, 0.2) is 0 Å². The van der Waals surface area contributed by atoms with E-state index in [4.69, 9.17) is 0 Å². The Morgan fingerprint density at radius 2 is 1.70 bits per heavy atom. The highest BCUT2D eigenvalue weighted by molar-refractivity contribution is 7.92. The number of benzene rings is 1. The minimum atomic E-state index is -3.41. The molecule has 5 nitrogen and oxygen atoms in total. The molecule has 0 heterocycles. The van der Waals surface area contributed by atoms with E-state index in [1.165, 1.54) is 7.05 Å². The first-order valence-electron chi connectivity index (χ1n) is 8.08. The molecule has 0 spiro atoms. The number of nitrogens with zero attached hydrogens (tertiary/aromatic N) is 2. The summed E-state index contributed by atoms with van der Waals surface area (Å²) in [6, 6.07) is 6.86. The summed E-state index contributed by atoms with van der Waals surface area (Å²) >= 11 is 0. The quantitative estimate of drug-likeness (QED) is 0.731. The van der Waals surface area contributed by atoms with Gasteiger partial charge in [-0.2, -0.15) is 0 Å². The molecule has 0 atom stereocenters. The molecule has 0 aliphatic rings. The van der Waals surface area contributed by atoms with Crippen molar-refractivity contribution in [2.24, 2.45) is 5.92 Å². The van der Waals surface area contributed by atoms with Crippen LogP contribution in [0, 0.1) is 5.92 Å². The molecule has 0 saturated carbocycles. The molecule has 0 radical (unpaired) electrons. The summed E-state index contributed by atoms with van der Waals surface area (Å²) in [4.78, 5) is 14.7. The largest absolute Gasteiger partial charge is 0.339 e. The van der Waals surface area contributed by atoms with Crippen LogP contribution in [0.2, 0.25) is 0 Å². The van der Waals surface area contributed by atoms with E-state index in [9.17, 15) is 13.2 Å². The monoisotopic (exact) mass is 340 g/mol. The zero-order valence-corrected chi connectivity index (χ0v) is 15.6.